The molecule has 0 aliphatic carbocycles. The van der Waals surface area contributed by atoms with Crippen molar-refractivity contribution in [2.24, 2.45) is 11.8 Å². The minimum atomic E-state index is -3.23. The second-order valence-electron chi connectivity index (χ2n) is 4.63. The fourth-order valence-corrected chi connectivity index (χ4v) is 2.50. The van der Waals surface area contributed by atoms with Gasteiger partial charge in [-0.25, -0.2) is 12.7 Å². The van der Waals surface area contributed by atoms with Crippen LogP contribution >= 0.6 is 0 Å². The van der Waals surface area contributed by atoms with Gasteiger partial charge in [0.1, 0.15) is 0 Å². The summed E-state index contributed by atoms with van der Waals surface area (Å²) in [6.07, 6.45) is 0. The topological polar surface area (TPSA) is 78.5 Å². The third-order valence-electron chi connectivity index (χ3n) is 3.07. The number of nitrogens with zero attached hydrogens (tertiary/aromatic N) is 1. The Hall–Kier alpha value is -0.660. The van der Waals surface area contributed by atoms with Gasteiger partial charge in [-0.1, -0.05) is 6.92 Å². The predicted molar refractivity (Wildman–Crippen MR) is 66.0 cm³/mol. The van der Waals surface area contributed by atoms with E-state index in [1.165, 1.54) is 18.4 Å². The highest BCUT2D eigenvalue weighted by atomic mass is 32.2. The molecule has 0 aromatic heterocycles. The van der Waals surface area contributed by atoms with Gasteiger partial charge in [0.05, 0.1) is 11.7 Å². The smallest absolute Gasteiger partial charge is 0.224 e. The maximum atomic E-state index is 11.8. The van der Waals surface area contributed by atoms with Crippen molar-refractivity contribution in [3.8, 4) is 0 Å². The number of hydrogen-bond acceptors (Lipinski definition) is 4. The minimum Gasteiger partial charge on any atom is -0.355 e. The molecular weight excluding hydrogens is 242 g/mol. The molecule has 1 aliphatic heterocycles. The van der Waals surface area contributed by atoms with Crippen LogP contribution in [0.15, 0.2) is 0 Å². The zero-order valence-electron chi connectivity index (χ0n) is 10.6. The summed E-state index contributed by atoms with van der Waals surface area (Å²) < 4.78 is 24.1. The van der Waals surface area contributed by atoms with Crippen molar-refractivity contribution in [3.05, 3.63) is 0 Å². The van der Waals surface area contributed by atoms with E-state index in [2.05, 4.69) is 10.6 Å². The second-order valence-corrected chi connectivity index (χ2v) is 6.93. The van der Waals surface area contributed by atoms with E-state index >= 15 is 0 Å². The van der Waals surface area contributed by atoms with Crippen LogP contribution in [0.3, 0.4) is 0 Å². The van der Waals surface area contributed by atoms with E-state index in [1.807, 2.05) is 6.92 Å². The highest BCUT2D eigenvalue weighted by Gasteiger charge is 2.29. The molecule has 1 rings (SSSR count). The standard InChI is InChI=1S/C10H21N3O3S/c1-8-6-11-7-9(8)10(14)12-4-5-17(15,16)13(2)3/h8-9,11H,4-7H2,1-3H3,(H,12,14). The number of rotatable bonds is 5. The first-order valence-electron chi connectivity index (χ1n) is 5.73. The summed E-state index contributed by atoms with van der Waals surface area (Å²) >= 11 is 0. The molecule has 0 radical (unpaired) electrons. The SMILES string of the molecule is CC1CNCC1C(=O)NCCS(=O)(=O)N(C)C. The van der Waals surface area contributed by atoms with Crippen LogP contribution in [0.2, 0.25) is 0 Å². The van der Waals surface area contributed by atoms with E-state index in [0.29, 0.717) is 12.5 Å². The summed E-state index contributed by atoms with van der Waals surface area (Å²) in [5.74, 6) is 0.147. The molecule has 100 valence electrons. The Labute approximate surface area is 103 Å². The van der Waals surface area contributed by atoms with Crippen molar-refractivity contribution in [1.29, 1.82) is 0 Å². The number of nitrogens with one attached hydrogen (secondary N) is 2. The zero-order valence-corrected chi connectivity index (χ0v) is 11.4. The van der Waals surface area contributed by atoms with Crippen LogP contribution in [0.5, 0.6) is 0 Å². The fourth-order valence-electron chi connectivity index (χ4n) is 1.78. The van der Waals surface area contributed by atoms with Crippen molar-refractivity contribution in [1.82, 2.24) is 14.9 Å². The molecule has 2 unspecified atom stereocenters. The average molecular weight is 263 g/mol. The van der Waals surface area contributed by atoms with Gasteiger partial charge >= 0.3 is 0 Å². The first-order valence-corrected chi connectivity index (χ1v) is 7.34. The molecule has 17 heavy (non-hydrogen) atoms. The number of carbonyl (C=O) groups excluding carboxylic acids is 1. The van der Waals surface area contributed by atoms with Gasteiger partial charge in [-0.2, -0.15) is 0 Å². The molecule has 0 bridgehead atoms. The molecule has 1 aliphatic rings. The third-order valence-corrected chi connectivity index (χ3v) is 4.90. The van der Waals surface area contributed by atoms with Gasteiger partial charge in [0.25, 0.3) is 0 Å². The molecule has 0 aromatic rings. The van der Waals surface area contributed by atoms with Gasteiger partial charge in [0, 0.05) is 27.2 Å². The monoisotopic (exact) mass is 263 g/mol. The lowest BCUT2D eigenvalue weighted by atomic mass is 9.97. The van der Waals surface area contributed by atoms with Crippen LogP contribution in [0, 0.1) is 11.8 Å². The maximum Gasteiger partial charge on any atom is 0.224 e. The van der Waals surface area contributed by atoms with Crippen LogP contribution in [0.25, 0.3) is 0 Å². The van der Waals surface area contributed by atoms with Crippen molar-refractivity contribution in [2.45, 2.75) is 6.92 Å². The highest BCUT2D eigenvalue weighted by Crippen LogP contribution is 2.15. The van der Waals surface area contributed by atoms with Crippen molar-refractivity contribution in [3.63, 3.8) is 0 Å². The Bertz CT molecular complexity index is 367. The number of carbonyl (C=O) groups is 1. The summed E-state index contributed by atoms with van der Waals surface area (Å²) in [5, 5.41) is 5.82. The zero-order chi connectivity index (χ0) is 13.1. The Morgan fingerprint density at radius 3 is 2.53 bits per heavy atom. The number of sulfonamides is 1. The summed E-state index contributed by atoms with van der Waals surface area (Å²) in [6.45, 7) is 3.70. The van der Waals surface area contributed by atoms with Gasteiger partial charge in [-0.15, -0.1) is 0 Å². The van der Waals surface area contributed by atoms with E-state index in [9.17, 15) is 13.2 Å². The van der Waals surface area contributed by atoms with Crippen molar-refractivity contribution in [2.75, 3.05) is 39.5 Å². The molecule has 0 saturated carbocycles. The minimum absolute atomic E-state index is 0.0444. The molecule has 0 spiro atoms. The Kier molecular flexibility index (Phi) is 4.91. The molecule has 2 atom stereocenters. The quantitative estimate of drug-likeness (QED) is 0.656. The van der Waals surface area contributed by atoms with Gasteiger partial charge in [-0.05, 0) is 12.5 Å². The molecule has 1 fully saturated rings. The van der Waals surface area contributed by atoms with E-state index in [4.69, 9.17) is 0 Å². The molecule has 0 aromatic carbocycles. The van der Waals surface area contributed by atoms with E-state index in [0.717, 1.165) is 6.54 Å². The Morgan fingerprint density at radius 2 is 2.06 bits per heavy atom. The fraction of sp³-hybridized carbons (Fsp3) is 0.900. The normalized spacial score (nSPS) is 25.2. The number of hydrogen-bond donors (Lipinski definition) is 2. The van der Waals surface area contributed by atoms with Crippen LogP contribution in [-0.2, 0) is 14.8 Å². The molecule has 7 heteroatoms. The molecule has 1 heterocycles. The van der Waals surface area contributed by atoms with Crippen LogP contribution in [-0.4, -0.2) is 58.1 Å². The Morgan fingerprint density at radius 1 is 1.41 bits per heavy atom. The molecule has 1 saturated heterocycles. The largest absolute Gasteiger partial charge is 0.355 e. The second kappa shape index (κ2) is 5.79. The first-order chi connectivity index (χ1) is 7.84. The van der Waals surface area contributed by atoms with Gasteiger partial charge in [0.2, 0.25) is 15.9 Å². The third kappa shape index (κ3) is 3.93. The lowest BCUT2D eigenvalue weighted by Gasteiger charge is -2.15. The predicted octanol–water partition coefficient (Wildman–Crippen LogP) is -1.15. The van der Waals surface area contributed by atoms with Crippen LogP contribution in [0.4, 0.5) is 0 Å². The van der Waals surface area contributed by atoms with E-state index in [1.54, 1.807) is 0 Å². The van der Waals surface area contributed by atoms with E-state index < -0.39 is 10.0 Å². The average Bonchev–Trinajstić information content (AvgIpc) is 2.63. The summed E-state index contributed by atoms with van der Waals surface area (Å²) in [6, 6.07) is 0. The molecule has 2 N–H and O–H groups in total. The first kappa shape index (κ1) is 14.4. The number of amides is 1. The molecule has 6 nitrogen and oxygen atoms in total. The van der Waals surface area contributed by atoms with Gasteiger partial charge in [0.15, 0.2) is 0 Å². The maximum absolute atomic E-state index is 11.8. The highest BCUT2D eigenvalue weighted by molar-refractivity contribution is 7.89. The molecule has 1 amide bonds. The Balaban J connectivity index is 2.34. The summed E-state index contributed by atoms with van der Waals surface area (Å²) in [4.78, 5) is 11.8. The van der Waals surface area contributed by atoms with Crippen LogP contribution < -0.4 is 10.6 Å². The lowest BCUT2D eigenvalue weighted by molar-refractivity contribution is -0.125. The van der Waals surface area contributed by atoms with Crippen LogP contribution in [0.1, 0.15) is 6.92 Å². The van der Waals surface area contributed by atoms with E-state index in [-0.39, 0.29) is 24.1 Å². The summed E-state index contributed by atoms with van der Waals surface area (Å²) in [5.41, 5.74) is 0. The van der Waals surface area contributed by atoms with Gasteiger partial charge in [-0.3, -0.25) is 4.79 Å². The molecular formula is C10H21N3O3S. The van der Waals surface area contributed by atoms with Gasteiger partial charge < -0.3 is 10.6 Å². The van der Waals surface area contributed by atoms with Crippen molar-refractivity contribution >= 4 is 15.9 Å². The summed E-state index contributed by atoms with van der Waals surface area (Å²) in [7, 11) is -0.255. The van der Waals surface area contributed by atoms with Crippen molar-refractivity contribution < 1.29 is 13.2 Å². The lowest BCUT2D eigenvalue weighted by Crippen LogP contribution is -2.38.